The number of nitrogens with zero attached hydrogens (tertiary/aromatic N) is 1. The molecule has 0 spiro atoms. The van der Waals surface area contributed by atoms with E-state index in [9.17, 15) is 9.90 Å². The minimum atomic E-state index is -0.693. The van der Waals surface area contributed by atoms with Gasteiger partial charge in [-0.05, 0) is 51.4 Å². The molecule has 1 saturated heterocycles. The van der Waals surface area contributed by atoms with Gasteiger partial charge < -0.3 is 14.6 Å². The van der Waals surface area contributed by atoms with Gasteiger partial charge in [-0.25, -0.2) is 0 Å². The van der Waals surface area contributed by atoms with E-state index in [1.54, 1.807) is 14.2 Å². The van der Waals surface area contributed by atoms with Gasteiger partial charge in [0, 0.05) is 5.56 Å². The zero-order chi connectivity index (χ0) is 20.3. The summed E-state index contributed by atoms with van der Waals surface area (Å²) in [6.45, 7) is 5.67. The van der Waals surface area contributed by atoms with Crippen LogP contribution in [-0.2, 0) is 4.79 Å². The first-order valence-corrected chi connectivity index (χ1v) is 9.70. The number of piperidine rings is 1. The lowest BCUT2D eigenvalue weighted by Gasteiger charge is -2.38. The highest BCUT2D eigenvalue weighted by molar-refractivity contribution is 5.70. The molecular formula is C23H29NO4. The summed E-state index contributed by atoms with van der Waals surface area (Å²) >= 11 is 0. The van der Waals surface area contributed by atoms with E-state index in [4.69, 9.17) is 9.47 Å². The van der Waals surface area contributed by atoms with E-state index in [2.05, 4.69) is 43.0 Å². The molecule has 1 fully saturated rings. The second-order valence-electron chi connectivity index (χ2n) is 7.55. The number of methoxy groups -OCH3 is 2. The van der Waals surface area contributed by atoms with Crippen molar-refractivity contribution in [2.75, 3.05) is 27.3 Å². The number of likely N-dealkylation sites (tertiary alicyclic amines) is 1. The first-order chi connectivity index (χ1) is 13.4. The van der Waals surface area contributed by atoms with Crippen LogP contribution < -0.4 is 9.47 Å². The number of rotatable bonds is 6. The maximum absolute atomic E-state index is 11.4. The lowest BCUT2D eigenvalue weighted by molar-refractivity contribution is -0.143. The molecule has 0 aliphatic carbocycles. The van der Waals surface area contributed by atoms with Gasteiger partial charge in [-0.15, -0.1) is 0 Å². The van der Waals surface area contributed by atoms with E-state index in [0.717, 1.165) is 24.4 Å². The Morgan fingerprint density at radius 1 is 1.07 bits per heavy atom. The van der Waals surface area contributed by atoms with Crippen molar-refractivity contribution >= 4 is 5.97 Å². The summed E-state index contributed by atoms with van der Waals surface area (Å²) in [5.74, 6) is 0.481. The Kier molecular flexibility index (Phi) is 6.25. The van der Waals surface area contributed by atoms with Gasteiger partial charge in [0.2, 0.25) is 0 Å². The third-order valence-electron chi connectivity index (χ3n) is 5.53. The molecular weight excluding hydrogens is 354 g/mol. The summed E-state index contributed by atoms with van der Waals surface area (Å²) in [5, 5.41) is 9.37. The molecule has 5 heteroatoms. The maximum atomic E-state index is 11.4. The zero-order valence-electron chi connectivity index (χ0n) is 17.1. The standard InChI is InChI=1S/C23H29NO4/c1-15-12-16(2)14-18(13-15)21(24-10-8-17(9-11-24)23(25)26)19-6-5-7-20(27-3)22(19)28-4/h5-7,12-14,17,21H,8-11H2,1-4H3,(H,25,26). The van der Waals surface area contributed by atoms with Gasteiger partial charge >= 0.3 is 5.97 Å². The Labute approximate surface area is 166 Å². The molecule has 1 N–H and O–H groups in total. The Hall–Kier alpha value is -2.53. The molecule has 0 bridgehead atoms. The highest BCUT2D eigenvalue weighted by atomic mass is 16.5. The van der Waals surface area contributed by atoms with Gasteiger partial charge in [0.15, 0.2) is 11.5 Å². The summed E-state index contributed by atoms with van der Waals surface area (Å²) in [4.78, 5) is 13.8. The summed E-state index contributed by atoms with van der Waals surface area (Å²) in [6.07, 6.45) is 1.31. The average molecular weight is 383 g/mol. The van der Waals surface area contributed by atoms with Gasteiger partial charge in [0.1, 0.15) is 0 Å². The van der Waals surface area contributed by atoms with Crippen molar-refractivity contribution in [2.24, 2.45) is 5.92 Å². The molecule has 1 heterocycles. The molecule has 150 valence electrons. The van der Waals surface area contributed by atoms with Crippen LogP contribution in [-0.4, -0.2) is 43.3 Å². The van der Waals surface area contributed by atoms with E-state index in [0.29, 0.717) is 18.6 Å². The fourth-order valence-electron chi connectivity index (χ4n) is 4.29. The van der Waals surface area contributed by atoms with Gasteiger partial charge in [-0.3, -0.25) is 9.69 Å². The second-order valence-corrected chi connectivity index (χ2v) is 7.55. The van der Waals surface area contributed by atoms with E-state index < -0.39 is 5.97 Å². The largest absolute Gasteiger partial charge is 0.493 e. The van der Waals surface area contributed by atoms with Crippen molar-refractivity contribution in [2.45, 2.75) is 32.7 Å². The Morgan fingerprint density at radius 3 is 2.25 bits per heavy atom. The number of hydrogen-bond acceptors (Lipinski definition) is 4. The van der Waals surface area contributed by atoms with Crippen LogP contribution in [0.4, 0.5) is 0 Å². The van der Waals surface area contributed by atoms with Crippen molar-refractivity contribution in [3.63, 3.8) is 0 Å². The molecule has 0 amide bonds. The molecule has 28 heavy (non-hydrogen) atoms. The molecule has 3 rings (SSSR count). The third kappa shape index (κ3) is 4.14. The van der Waals surface area contributed by atoms with E-state index >= 15 is 0 Å². The van der Waals surface area contributed by atoms with E-state index in [-0.39, 0.29) is 12.0 Å². The van der Waals surface area contributed by atoms with Crippen LogP contribution in [0.2, 0.25) is 0 Å². The third-order valence-corrected chi connectivity index (χ3v) is 5.53. The number of hydrogen-bond donors (Lipinski definition) is 1. The van der Waals surface area contributed by atoms with Gasteiger partial charge in [0.25, 0.3) is 0 Å². The molecule has 1 atom stereocenters. The highest BCUT2D eigenvalue weighted by Gasteiger charge is 2.32. The van der Waals surface area contributed by atoms with Crippen LogP contribution in [0.25, 0.3) is 0 Å². The van der Waals surface area contributed by atoms with Gasteiger partial charge in [0.05, 0.1) is 26.2 Å². The number of aliphatic carboxylic acids is 1. The minimum absolute atomic E-state index is 0.0154. The molecule has 0 radical (unpaired) electrons. The predicted octanol–water partition coefficient (Wildman–Crippen LogP) is 4.21. The fraction of sp³-hybridized carbons (Fsp3) is 0.435. The van der Waals surface area contributed by atoms with Crippen LogP contribution in [0.5, 0.6) is 11.5 Å². The number of para-hydroxylation sites is 1. The number of carbonyl (C=O) groups is 1. The lowest BCUT2D eigenvalue weighted by atomic mass is 9.89. The van der Waals surface area contributed by atoms with Crippen LogP contribution >= 0.6 is 0 Å². The predicted molar refractivity (Wildman–Crippen MR) is 109 cm³/mol. The molecule has 1 unspecified atom stereocenters. The van der Waals surface area contributed by atoms with Gasteiger partial charge in [-0.1, -0.05) is 41.5 Å². The first kappa shape index (κ1) is 20.2. The normalized spacial score (nSPS) is 16.6. The van der Waals surface area contributed by atoms with Crippen molar-refractivity contribution < 1.29 is 19.4 Å². The molecule has 1 aliphatic heterocycles. The number of carboxylic acid groups (broad SMARTS) is 1. The summed E-state index contributed by atoms with van der Waals surface area (Å²) in [7, 11) is 3.31. The van der Waals surface area contributed by atoms with Crippen LogP contribution in [0, 0.1) is 19.8 Å². The van der Waals surface area contributed by atoms with E-state index in [1.807, 2.05) is 12.1 Å². The summed E-state index contributed by atoms with van der Waals surface area (Å²) in [6, 6.07) is 12.5. The van der Waals surface area contributed by atoms with Crippen molar-refractivity contribution in [3.05, 3.63) is 58.7 Å². The summed E-state index contributed by atoms with van der Waals surface area (Å²) in [5.41, 5.74) is 4.66. The lowest BCUT2D eigenvalue weighted by Crippen LogP contribution is -2.39. The Morgan fingerprint density at radius 2 is 1.71 bits per heavy atom. The van der Waals surface area contributed by atoms with Crippen LogP contribution in [0.1, 0.15) is 41.1 Å². The minimum Gasteiger partial charge on any atom is -0.493 e. The number of carboxylic acids is 1. The fourth-order valence-corrected chi connectivity index (χ4v) is 4.29. The SMILES string of the molecule is COc1cccc(C(c2cc(C)cc(C)c2)N2CCC(C(=O)O)CC2)c1OC. The van der Waals surface area contributed by atoms with Crippen LogP contribution in [0.3, 0.4) is 0 Å². The molecule has 5 nitrogen and oxygen atoms in total. The maximum Gasteiger partial charge on any atom is 0.306 e. The second kappa shape index (κ2) is 8.65. The average Bonchev–Trinajstić information content (AvgIpc) is 2.67. The smallest absolute Gasteiger partial charge is 0.306 e. The molecule has 0 saturated carbocycles. The quantitative estimate of drug-likeness (QED) is 0.810. The summed E-state index contributed by atoms with van der Waals surface area (Å²) < 4.78 is 11.3. The number of ether oxygens (including phenoxy) is 2. The van der Waals surface area contributed by atoms with Gasteiger partial charge in [-0.2, -0.15) is 0 Å². The van der Waals surface area contributed by atoms with E-state index in [1.165, 1.54) is 16.7 Å². The van der Waals surface area contributed by atoms with Crippen LogP contribution in [0.15, 0.2) is 36.4 Å². The van der Waals surface area contributed by atoms with Crippen molar-refractivity contribution in [1.82, 2.24) is 4.90 Å². The number of benzene rings is 2. The topological polar surface area (TPSA) is 59.0 Å². The Balaban J connectivity index is 2.07. The van der Waals surface area contributed by atoms with Crippen molar-refractivity contribution in [1.29, 1.82) is 0 Å². The highest BCUT2D eigenvalue weighted by Crippen LogP contribution is 2.41. The molecule has 2 aromatic carbocycles. The molecule has 1 aliphatic rings. The van der Waals surface area contributed by atoms with Crippen molar-refractivity contribution in [3.8, 4) is 11.5 Å². The molecule has 0 aromatic heterocycles. The monoisotopic (exact) mass is 383 g/mol. The Bertz CT molecular complexity index is 820. The molecule has 2 aromatic rings. The first-order valence-electron chi connectivity index (χ1n) is 9.70. The number of aryl methyl sites for hydroxylation is 2. The zero-order valence-corrected chi connectivity index (χ0v) is 17.1.